The van der Waals surface area contributed by atoms with Crippen molar-refractivity contribution in [2.45, 2.75) is 25.4 Å². The van der Waals surface area contributed by atoms with Crippen molar-refractivity contribution in [2.75, 3.05) is 13.1 Å². The molecule has 1 amide bonds. The highest BCUT2D eigenvalue weighted by molar-refractivity contribution is 5.76. The number of hydrogen-bond acceptors (Lipinski definition) is 2. The van der Waals surface area contributed by atoms with Crippen LogP contribution in [0.25, 0.3) is 11.3 Å². The lowest BCUT2D eigenvalue weighted by Crippen LogP contribution is -2.29. The second-order valence-corrected chi connectivity index (χ2v) is 5.55. The van der Waals surface area contributed by atoms with E-state index in [4.69, 9.17) is 0 Å². The van der Waals surface area contributed by atoms with Gasteiger partial charge in [-0.1, -0.05) is 30.3 Å². The first kappa shape index (κ1) is 13.9. The summed E-state index contributed by atoms with van der Waals surface area (Å²) in [5.74, 6) is 0.127. The molecule has 0 spiro atoms. The van der Waals surface area contributed by atoms with Gasteiger partial charge in [0.2, 0.25) is 5.91 Å². The molecule has 2 heterocycles. The van der Waals surface area contributed by atoms with E-state index in [-0.39, 0.29) is 12.0 Å². The molecule has 0 radical (unpaired) electrons. The van der Waals surface area contributed by atoms with Gasteiger partial charge in [0.1, 0.15) is 0 Å². The van der Waals surface area contributed by atoms with Crippen LogP contribution in [0.1, 0.15) is 18.5 Å². The zero-order valence-electron chi connectivity index (χ0n) is 12.0. The van der Waals surface area contributed by atoms with Gasteiger partial charge in [-0.3, -0.25) is 4.79 Å². The average Bonchev–Trinajstić information content (AvgIpc) is 3.15. The highest BCUT2D eigenvalue weighted by atomic mass is 16.3. The lowest BCUT2D eigenvalue weighted by atomic mass is 10.2. The number of aliphatic hydroxyl groups excluding tert-OH is 1. The largest absolute Gasteiger partial charge is 0.391 e. The third kappa shape index (κ3) is 3.34. The number of nitrogens with zero attached hydrogens (tertiary/aromatic N) is 1. The quantitative estimate of drug-likeness (QED) is 0.904. The minimum Gasteiger partial charge on any atom is -0.391 e. The van der Waals surface area contributed by atoms with E-state index in [0.717, 1.165) is 17.0 Å². The summed E-state index contributed by atoms with van der Waals surface area (Å²) in [4.78, 5) is 17.2. The molecule has 4 heteroatoms. The van der Waals surface area contributed by atoms with Gasteiger partial charge in [-0.15, -0.1) is 0 Å². The van der Waals surface area contributed by atoms with Crippen molar-refractivity contribution in [3.05, 3.63) is 48.2 Å². The minimum absolute atomic E-state index is 0.127. The Morgan fingerprint density at radius 2 is 2.05 bits per heavy atom. The van der Waals surface area contributed by atoms with Gasteiger partial charge >= 0.3 is 0 Å². The van der Waals surface area contributed by atoms with Gasteiger partial charge in [0.25, 0.3) is 0 Å². The van der Waals surface area contributed by atoms with Gasteiger partial charge < -0.3 is 15.0 Å². The number of nitrogens with one attached hydrogen (secondary N) is 1. The third-order valence-corrected chi connectivity index (χ3v) is 3.96. The Balaban J connectivity index is 1.57. The molecule has 0 bridgehead atoms. The number of benzene rings is 1. The monoisotopic (exact) mass is 284 g/mol. The van der Waals surface area contributed by atoms with Crippen molar-refractivity contribution in [2.24, 2.45) is 0 Å². The smallest absolute Gasteiger partial charge is 0.223 e. The number of rotatable bonds is 4. The van der Waals surface area contributed by atoms with Gasteiger partial charge in [0.15, 0.2) is 0 Å². The number of carbonyl (C=O) groups excluding carboxylic acids is 1. The molecule has 1 aliphatic heterocycles. The van der Waals surface area contributed by atoms with Crippen molar-refractivity contribution in [3.63, 3.8) is 0 Å². The van der Waals surface area contributed by atoms with Crippen LogP contribution < -0.4 is 0 Å². The predicted octanol–water partition coefficient (Wildman–Crippen LogP) is 2.21. The van der Waals surface area contributed by atoms with Crippen molar-refractivity contribution in [3.8, 4) is 11.3 Å². The topological polar surface area (TPSA) is 56.3 Å². The molecule has 0 unspecified atom stereocenters. The SMILES string of the molecule is O=C(CCc1ccc(-c2ccccc2)[nH]1)N1CC[C@H](O)C1. The van der Waals surface area contributed by atoms with Crippen LogP contribution in [-0.2, 0) is 11.2 Å². The standard InChI is InChI=1S/C17H20N2O2/c20-15-10-11-19(12-15)17(21)9-7-14-6-8-16(18-14)13-4-2-1-3-5-13/h1-6,8,15,18,20H,7,9-12H2/t15-/m0/s1. The van der Waals surface area contributed by atoms with E-state index in [1.165, 1.54) is 0 Å². The van der Waals surface area contributed by atoms with E-state index in [1.807, 2.05) is 24.3 Å². The summed E-state index contributed by atoms with van der Waals surface area (Å²) in [6.45, 7) is 1.17. The molecule has 1 saturated heterocycles. The summed E-state index contributed by atoms with van der Waals surface area (Å²) in [5, 5.41) is 9.46. The molecule has 1 aromatic carbocycles. The molecule has 1 aromatic heterocycles. The molecule has 1 aliphatic rings. The number of aromatic amines is 1. The number of β-amino-alcohol motifs (C(OH)–C–C–N with tert-alkyl or cyclic N) is 1. The van der Waals surface area contributed by atoms with Gasteiger partial charge in [0, 0.05) is 30.9 Å². The van der Waals surface area contributed by atoms with E-state index < -0.39 is 0 Å². The molecule has 3 rings (SSSR count). The Kier molecular flexibility index (Phi) is 4.06. The van der Waals surface area contributed by atoms with Crippen molar-refractivity contribution in [1.29, 1.82) is 0 Å². The number of hydrogen-bond donors (Lipinski definition) is 2. The zero-order chi connectivity index (χ0) is 14.7. The van der Waals surface area contributed by atoms with Crippen LogP contribution in [0.2, 0.25) is 0 Å². The first-order chi connectivity index (χ1) is 10.2. The van der Waals surface area contributed by atoms with E-state index in [0.29, 0.717) is 32.4 Å². The molecule has 110 valence electrons. The summed E-state index contributed by atoms with van der Waals surface area (Å²) < 4.78 is 0. The second-order valence-electron chi connectivity index (χ2n) is 5.55. The van der Waals surface area contributed by atoms with E-state index >= 15 is 0 Å². The fraction of sp³-hybridized carbons (Fsp3) is 0.353. The number of H-pyrrole nitrogens is 1. The Morgan fingerprint density at radius 3 is 2.76 bits per heavy atom. The maximum Gasteiger partial charge on any atom is 0.223 e. The number of amides is 1. The van der Waals surface area contributed by atoms with Crippen LogP contribution in [0.15, 0.2) is 42.5 Å². The fourth-order valence-electron chi connectivity index (χ4n) is 2.74. The van der Waals surface area contributed by atoms with Gasteiger partial charge in [-0.05, 0) is 30.5 Å². The molecule has 2 N–H and O–H groups in total. The lowest BCUT2D eigenvalue weighted by molar-refractivity contribution is -0.130. The minimum atomic E-state index is -0.343. The average molecular weight is 284 g/mol. The Hall–Kier alpha value is -2.07. The van der Waals surface area contributed by atoms with Gasteiger partial charge in [0.05, 0.1) is 6.10 Å². The molecule has 0 aliphatic carbocycles. The molecule has 21 heavy (non-hydrogen) atoms. The zero-order valence-corrected chi connectivity index (χ0v) is 12.0. The van der Waals surface area contributed by atoms with Gasteiger partial charge in [-0.2, -0.15) is 0 Å². The number of aliphatic hydroxyl groups is 1. The second kappa shape index (κ2) is 6.14. The van der Waals surface area contributed by atoms with Crippen LogP contribution in [0.5, 0.6) is 0 Å². The van der Waals surface area contributed by atoms with Crippen LogP contribution in [-0.4, -0.2) is 40.1 Å². The molecule has 4 nitrogen and oxygen atoms in total. The van der Waals surface area contributed by atoms with Crippen LogP contribution in [0.3, 0.4) is 0 Å². The van der Waals surface area contributed by atoms with Crippen molar-refractivity contribution >= 4 is 5.91 Å². The summed E-state index contributed by atoms with van der Waals surface area (Å²) in [5.41, 5.74) is 3.30. The number of aromatic nitrogens is 1. The Morgan fingerprint density at radius 1 is 1.24 bits per heavy atom. The summed E-state index contributed by atoms with van der Waals surface area (Å²) in [7, 11) is 0. The predicted molar refractivity (Wildman–Crippen MR) is 81.8 cm³/mol. The maximum absolute atomic E-state index is 12.0. The molecule has 2 aromatic rings. The molecule has 1 fully saturated rings. The van der Waals surface area contributed by atoms with Crippen LogP contribution in [0, 0.1) is 0 Å². The van der Waals surface area contributed by atoms with Gasteiger partial charge in [-0.25, -0.2) is 0 Å². The third-order valence-electron chi connectivity index (χ3n) is 3.96. The van der Waals surface area contributed by atoms with E-state index in [2.05, 4.69) is 23.2 Å². The highest BCUT2D eigenvalue weighted by Gasteiger charge is 2.23. The number of likely N-dealkylation sites (tertiary alicyclic amines) is 1. The van der Waals surface area contributed by atoms with Crippen LogP contribution >= 0.6 is 0 Å². The van der Waals surface area contributed by atoms with E-state index in [9.17, 15) is 9.90 Å². The molecule has 0 saturated carbocycles. The molecular weight excluding hydrogens is 264 g/mol. The Labute approximate surface area is 124 Å². The van der Waals surface area contributed by atoms with Crippen molar-refractivity contribution in [1.82, 2.24) is 9.88 Å². The first-order valence-corrected chi connectivity index (χ1v) is 7.41. The number of carbonyl (C=O) groups is 1. The lowest BCUT2D eigenvalue weighted by Gasteiger charge is -2.14. The highest BCUT2D eigenvalue weighted by Crippen LogP contribution is 2.19. The molecular formula is C17H20N2O2. The summed E-state index contributed by atoms with van der Waals surface area (Å²) >= 11 is 0. The number of aryl methyl sites for hydroxylation is 1. The normalized spacial score (nSPS) is 18.1. The summed E-state index contributed by atoms with van der Waals surface area (Å²) in [6.07, 6.45) is 1.55. The first-order valence-electron chi connectivity index (χ1n) is 7.41. The maximum atomic E-state index is 12.0. The Bertz CT molecular complexity index is 606. The van der Waals surface area contributed by atoms with E-state index in [1.54, 1.807) is 4.90 Å². The molecule has 1 atom stereocenters. The van der Waals surface area contributed by atoms with Crippen LogP contribution in [0.4, 0.5) is 0 Å². The fourth-order valence-corrected chi connectivity index (χ4v) is 2.74. The van der Waals surface area contributed by atoms with Crippen molar-refractivity contribution < 1.29 is 9.90 Å². The summed E-state index contributed by atoms with van der Waals surface area (Å²) in [6, 6.07) is 14.2.